The Morgan fingerprint density at radius 2 is 1.89 bits per heavy atom. The monoisotopic (exact) mass is 266 g/mol. The van der Waals surface area contributed by atoms with Crippen molar-refractivity contribution in [3.63, 3.8) is 0 Å². The van der Waals surface area contributed by atoms with Crippen LogP contribution >= 0.6 is 0 Å². The van der Waals surface area contributed by atoms with E-state index in [2.05, 4.69) is 11.8 Å². The van der Waals surface area contributed by atoms with E-state index < -0.39 is 0 Å². The molecule has 2 fully saturated rings. The first-order valence-corrected chi connectivity index (χ1v) is 7.55. The van der Waals surface area contributed by atoms with Crippen LogP contribution in [0.5, 0.6) is 0 Å². The predicted octanol–water partition coefficient (Wildman–Crippen LogP) is 1.52. The van der Waals surface area contributed by atoms with Crippen LogP contribution in [0.4, 0.5) is 0 Å². The number of hydrogen-bond donors (Lipinski definition) is 0. The van der Waals surface area contributed by atoms with Gasteiger partial charge in [-0.3, -0.25) is 9.69 Å². The molecule has 0 spiro atoms. The molecular weight excluding hydrogens is 240 g/mol. The summed E-state index contributed by atoms with van der Waals surface area (Å²) in [5, 5.41) is 0. The minimum Gasteiger partial charge on any atom is -0.379 e. The van der Waals surface area contributed by atoms with E-state index in [1.165, 1.54) is 19.3 Å². The molecule has 0 aromatic rings. The molecule has 0 bridgehead atoms. The summed E-state index contributed by atoms with van der Waals surface area (Å²) in [4.78, 5) is 16.3. The molecule has 2 aliphatic heterocycles. The first-order valence-electron chi connectivity index (χ1n) is 7.55. The Balaban J connectivity index is 1.68. The molecule has 108 valence electrons. The van der Waals surface area contributed by atoms with Crippen molar-refractivity contribution in [2.45, 2.75) is 26.2 Å². The molecule has 0 radical (unpaired) electrons. The van der Waals surface area contributed by atoms with Gasteiger partial charge < -0.3 is 9.64 Å². The first-order chi connectivity index (χ1) is 9.29. The summed E-state index contributed by atoms with van der Waals surface area (Å²) in [5.74, 6) is 1.00. The summed E-state index contributed by atoms with van der Waals surface area (Å²) in [6.07, 6.45) is 7.33. The molecule has 2 saturated heterocycles. The van der Waals surface area contributed by atoms with Gasteiger partial charge in [0.25, 0.3) is 0 Å². The topological polar surface area (TPSA) is 32.8 Å². The summed E-state index contributed by atoms with van der Waals surface area (Å²) in [6, 6.07) is 0. The lowest BCUT2D eigenvalue weighted by molar-refractivity contribution is -0.127. The van der Waals surface area contributed by atoms with Gasteiger partial charge in [0.15, 0.2) is 0 Å². The van der Waals surface area contributed by atoms with Crippen molar-refractivity contribution in [3.05, 3.63) is 12.2 Å². The Bertz CT molecular complexity index is 303. The zero-order chi connectivity index (χ0) is 13.5. The molecular formula is C15H26N2O2. The number of rotatable bonds is 4. The quantitative estimate of drug-likeness (QED) is 0.723. The normalized spacial score (nSPS) is 23.1. The zero-order valence-electron chi connectivity index (χ0n) is 12.0. The van der Waals surface area contributed by atoms with Crippen molar-refractivity contribution in [2.75, 3.05) is 45.9 Å². The smallest absolute Gasteiger partial charge is 0.246 e. The SMILES string of the molecule is CCC1CCN(C(=O)/C=C/CN2CCOCC2)CC1. The van der Waals surface area contributed by atoms with E-state index >= 15 is 0 Å². The van der Waals surface area contributed by atoms with Gasteiger partial charge in [-0.2, -0.15) is 0 Å². The van der Waals surface area contributed by atoms with Crippen molar-refractivity contribution in [3.8, 4) is 0 Å². The average Bonchev–Trinajstić information content (AvgIpc) is 2.48. The molecule has 0 N–H and O–H groups in total. The Hall–Kier alpha value is -0.870. The van der Waals surface area contributed by atoms with Gasteiger partial charge in [-0.25, -0.2) is 0 Å². The molecule has 4 heteroatoms. The second-order valence-corrected chi connectivity index (χ2v) is 5.49. The van der Waals surface area contributed by atoms with Crippen LogP contribution in [-0.4, -0.2) is 61.6 Å². The van der Waals surface area contributed by atoms with Crippen LogP contribution in [0, 0.1) is 5.92 Å². The van der Waals surface area contributed by atoms with Crippen LogP contribution in [0.1, 0.15) is 26.2 Å². The van der Waals surface area contributed by atoms with Crippen molar-refractivity contribution in [2.24, 2.45) is 5.92 Å². The third kappa shape index (κ3) is 4.62. The third-order valence-electron chi connectivity index (χ3n) is 4.23. The lowest BCUT2D eigenvalue weighted by Gasteiger charge is -2.30. The molecule has 0 aromatic carbocycles. The highest BCUT2D eigenvalue weighted by atomic mass is 16.5. The zero-order valence-corrected chi connectivity index (χ0v) is 12.0. The van der Waals surface area contributed by atoms with Gasteiger partial charge in [0.1, 0.15) is 0 Å². The summed E-state index contributed by atoms with van der Waals surface area (Å²) in [6.45, 7) is 8.53. The molecule has 0 saturated carbocycles. The average molecular weight is 266 g/mol. The number of hydrogen-bond acceptors (Lipinski definition) is 3. The second-order valence-electron chi connectivity index (χ2n) is 5.49. The number of likely N-dealkylation sites (tertiary alicyclic amines) is 1. The maximum atomic E-state index is 12.0. The van der Waals surface area contributed by atoms with E-state index in [-0.39, 0.29) is 5.91 Å². The van der Waals surface area contributed by atoms with Gasteiger partial charge in [0, 0.05) is 38.8 Å². The van der Waals surface area contributed by atoms with Crippen molar-refractivity contribution >= 4 is 5.91 Å². The van der Waals surface area contributed by atoms with E-state index in [1.807, 2.05) is 11.0 Å². The maximum Gasteiger partial charge on any atom is 0.246 e. The van der Waals surface area contributed by atoms with Crippen LogP contribution in [0.25, 0.3) is 0 Å². The van der Waals surface area contributed by atoms with Gasteiger partial charge in [-0.15, -0.1) is 0 Å². The van der Waals surface area contributed by atoms with Crippen LogP contribution in [0.15, 0.2) is 12.2 Å². The molecule has 0 aromatic heterocycles. The van der Waals surface area contributed by atoms with E-state index in [9.17, 15) is 4.79 Å². The van der Waals surface area contributed by atoms with Crippen molar-refractivity contribution < 1.29 is 9.53 Å². The second kappa shape index (κ2) is 7.65. The highest BCUT2D eigenvalue weighted by molar-refractivity contribution is 5.87. The predicted molar refractivity (Wildman–Crippen MR) is 76.0 cm³/mol. The first kappa shape index (κ1) is 14.5. The third-order valence-corrected chi connectivity index (χ3v) is 4.23. The molecule has 0 aliphatic carbocycles. The lowest BCUT2D eigenvalue weighted by Crippen LogP contribution is -2.38. The summed E-state index contributed by atoms with van der Waals surface area (Å²) < 4.78 is 5.30. The van der Waals surface area contributed by atoms with E-state index in [0.29, 0.717) is 0 Å². The number of ether oxygens (including phenoxy) is 1. The highest BCUT2D eigenvalue weighted by Gasteiger charge is 2.20. The van der Waals surface area contributed by atoms with Gasteiger partial charge in [-0.05, 0) is 18.8 Å². The van der Waals surface area contributed by atoms with Crippen molar-refractivity contribution in [1.29, 1.82) is 0 Å². The summed E-state index contributed by atoms with van der Waals surface area (Å²) in [5.41, 5.74) is 0. The largest absolute Gasteiger partial charge is 0.379 e. The van der Waals surface area contributed by atoms with Gasteiger partial charge in [-0.1, -0.05) is 19.4 Å². The maximum absolute atomic E-state index is 12.0. The number of amides is 1. The number of carbonyl (C=O) groups is 1. The molecule has 1 amide bonds. The molecule has 19 heavy (non-hydrogen) atoms. The Labute approximate surface area is 116 Å². The van der Waals surface area contributed by atoms with Crippen LogP contribution in [0.2, 0.25) is 0 Å². The highest BCUT2D eigenvalue weighted by Crippen LogP contribution is 2.19. The number of piperidine rings is 1. The number of morpholine rings is 1. The number of carbonyl (C=O) groups excluding carboxylic acids is 1. The van der Waals surface area contributed by atoms with E-state index in [1.54, 1.807) is 6.08 Å². The summed E-state index contributed by atoms with van der Waals surface area (Å²) >= 11 is 0. The van der Waals surface area contributed by atoms with Crippen LogP contribution in [-0.2, 0) is 9.53 Å². The molecule has 0 unspecified atom stereocenters. The standard InChI is InChI=1S/C15H26N2O2/c1-2-14-5-8-17(9-6-14)15(18)4-3-7-16-10-12-19-13-11-16/h3-4,14H,2,5-13H2,1H3/b4-3+. The minimum absolute atomic E-state index is 0.183. The molecule has 2 heterocycles. The van der Waals surface area contributed by atoms with Crippen molar-refractivity contribution in [1.82, 2.24) is 9.80 Å². The van der Waals surface area contributed by atoms with Crippen LogP contribution < -0.4 is 0 Å². The van der Waals surface area contributed by atoms with Gasteiger partial charge >= 0.3 is 0 Å². The fourth-order valence-electron chi connectivity index (χ4n) is 2.75. The van der Waals surface area contributed by atoms with Crippen LogP contribution in [0.3, 0.4) is 0 Å². The summed E-state index contributed by atoms with van der Waals surface area (Å²) in [7, 11) is 0. The molecule has 2 aliphatic rings. The minimum atomic E-state index is 0.183. The Morgan fingerprint density at radius 3 is 2.53 bits per heavy atom. The lowest BCUT2D eigenvalue weighted by atomic mass is 9.94. The van der Waals surface area contributed by atoms with E-state index in [4.69, 9.17) is 4.74 Å². The van der Waals surface area contributed by atoms with Gasteiger partial charge in [0.05, 0.1) is 13.2 Å². The Kier molecular flexibility index (Phi) is 5.86. The molecule has 4 nitrogen and oxygen atoms in total. The van der Waals surface area contributed by atoms with E-state index in [0.717, 1.165) is 51.9 Å². The molecule has 0 atom stereocenters. The number of nitrogens with zero attached hydrogens (tertiary/aromatic N) is 2. The molecule has 2 rings (SSSR count). The fourth-order valence-corrected chi connectivity index (χ4v) is 2.75. The fraction of sp³-hybridized carbons (Fsp3) is 0.800. The van der Waals surface area contributed by atoms with Gasteiger partial charge in [0.2, 0.25) is 5.91 Å². The Morgan fingerprint density at radius 1 is 1.21 bits per heavy atom.